The van der Waals surface area contributed by atoms with Gasteiger partial charge < -0.3 is 4.90 Å². The zero-order valence-corrected chi connectivity index (χ0v) is 21.4. The van der Waals surface area contributed by atoms with E-state index in [-0.39, 0.29) is 0 Å². The van der Waals surface area contributed by atoms with Crippen LogP contribution in [0.1, 0.15) is 17.5 Å². The molecule has 0 aromatic carbocycles. The Bertz CT molecular complexity index is 1750. The third-order valence-electron chi connectivity index (χ3n) is 7.65. The van der Waals surface area contributed by atoms with Gasteiger partial charge in [0.05, 0.1) is 30.0 Å². The number of aromatic nitrogens is 6. The lowest BCUT2D eigenvalue weighted by Gasteiger charge is -2.56. The summed E-state index contributed by atoms with van der Waals surface area (Å²) in [6.45, 7) is 2.67. The van der Waals surface area contributed by atoms with Crippen LogP contribution in [-0.4, -0.2) is 66.0 Å². The molecule has 190 valence electrons. The number of hydrogen-bond acceptors (Lipinski definition) is 7. The number of piperidine rings is 1. The number of hydrogen-bond donors (Lipinski definition) is 0. The molecule has 5 aromatic rings. The van der Waals surface area contributed by atoms with Gasteiger partial charge in [-0.2, -0.15) is 15.5 Å². The Morgan fingerprint density at radius 1 is 0.974 bits per heavy atom. The van der Waals surface area contributed by atoms with Crippen LogP contribution in [0.25, 0.3) is 27.8 Å². The SMILES string of the molecule is Cn1cc(-c2cc(-c3ccc(N4CC5CC(C4)N5CC#Cc4cccnc4)nc3)c3c(C#N)cnn3c2)cn1. The highest BCUT2D eigenvalue weighted by Crippen LogP contribution is 2.35. The molecule has 2 unspecified atom stereocenters. The molecule has 0 N–H and O–H groups in total. The Morgan fingerprint density at radius 3 is 2.59 bits per heavy atom. The normalized spacial score (nSPS) is 18.3. The van der Waals surface area contributed by atoms with Crippen molar-refractivity contribution in [3.8, 4) is 40.2 Å². The highest BCUT2D eigenvalue weighted by Gasteiger charge is 2.44. The summed E-state index contributed by atoms with van der Waals surface area (Å²) >= 11 is 0. The largest absolute Gasteiger partial charge is 0.353 e. The summed E-state index contributed by atoms with van der Waals surface area (Å²) in [7, 11) is 1.90. The molecule has 0 aliphatic carbocycles. The van der Waals surface area contributed by atoms with Crippen molar-refractivity contribution in [2.45, 2.75) is 18.5 Å². The smallest absolute Gasteiger partial charge is 0.128 e. The first-order chi connectivity index (χ1) is 19.2. The standard InChI is InChI=1S/C30H25N9/c1-36-17-25(16-34-36)23-10-28(30-24(12-31)15-35-39(30)18-23)22-6-7-29(33-14-22)37-19-26-11-27(20-37)38(26)9-3-5-21-4-2-8-32-13-21/h2,4,6-8,10,13-18,26-27H,9,11,19-20H2,1H3. The lowest BCUT2D eigenvalue weighted by Crippen LogP contribution is -2.68. The number of fused-ring (bicyclic) bond motifs is 3. The fourth-order valence-electron chi connectivity index (χ4n) is 5.69. The minimum Gasteiger partial charge on any atom is -0.353 e. The average molecular weight is 512 g/mol. The van der Waals surface area contributed by atoms with Crippen molar-refractivity contribution in [1.82, 2.24) is 34.3 Å². The molecule has 8 heterocycles. The molecule has 9 nitrogen and oxygen atoms in total. The molecule has 5 aromatic heterocycles. The van der Waals surface area contributed by atoms with E-state index in [4.69, 9.17) is 4.98 Å². The van der Waals surface area contributed by atoms with Crippen LogP contribution in [0.4, 0.5) is 5.82 Å². The molecule has 3 aliphatic rings. The van der Waals surface area contributed by atoms with E-state index in [1.165, 1.54) is 6.42 Å². The van der Waals surface area contributed by atoms with Crippen LogP contribution in [0, 0.1) is 23.2 Å². The van der Waals surface area contributed by atoms with E-state index >= 15 is 0 Å². The Labute approximate surface area is 226 Å². The van der Waals surface area contributed by atoms with E-state index in [1.54, 1.807) is 27.8 Å². The highest BCUT2D eigenvalue weighted by atomic mass is 15.4. The summed E-state index contributed by atoms with van der Waals surface area (Å²) in [5.41, 5.74) is 6.10. The summed E-state index contributed by atoms with van der Waals surface area (Å²) in [4.78, 5) is 13.9. The minimum absolute atomic E-state index is 0.495. The summed E-state index contributed by atoms with van der Waals surface area (Å²) in [6.07, 6.45) is 14.0. The number of pyridine rings is 3. The molecule has 9 heteroatoms. The molecule has 2 atom stereocenters. The van der Waals surface area contributed by atoms with Gasteiger partial charge in [-0.1, -0.05) is 11.8 Å². The molecule has 0 amide bonds. The first-order valence-electron chi connectivity index (χ1n) is 12.9. The second kappa shape index (κ2) is 9.39. The van der Waals surface area contributed by atoms with E-state index in [2.05, 4.69) is 61.1 Å². The average Bonchev–Trinajstić information content (AvgIpc) is 3.61. The summed E-state index contributed by atoms with van der Waals surface area (Å²) in [5, 5.41) is 18.5. The topological polar surface area (TPSA) is 91.2 Å². The maximum Gasteiger partial charge on any atom is 0.128 e. The summed E-state index contributed by atoms with van der Waals surface area (Å²) in [6, 6.07) is 13.4. The van der Waals surface area contributed by atoms with Crippen LogP contribution < -0.4 is 4.90 Å². The van der Waals surface area contributed by atoms with Crippen molar-refractivity contribution in [2.24, 2.45) is 7.05 Å². The van der Waals surface area contributed by atoms with Crippen molar-refractivity contribution in [2.75, 3.05) is 24.5 Å². The Morgan fingerprint density at radius 2 is 1.87 bits per heavy atom. The van der Waals surface area contributed by atoms with Crippen molar-refractivity contribution in [3.63, 3.8) is 0 Å². The Balaban J connectivity index is 1.11. The third kappa shape index (κ3) is 4.19. The van der Waals surface area contributed by atoms with Gasteiger partial charge in [0.15, 0.2) is 0 Å². The van der Waals surface area contributed by atoms with Gasteiger partial charge in [-0.05, 0) is 36.8 Å². The van der Waals surface area contributed by atoms with Crippen molar-refractivity contribution in [1.29, 1.82) is 5.26 Å². The number of aryl methyl sites for hydroxylation is 1. The molecule has 0 saturated carbocycles. The maximum atomic E-state index is 9.71. The quantitative estimate of drug-likeness (QED) is 0.342. The fourth-order valence-corrected chi connectivity index (χ4v) is 5.69. The molecular formula is C30H25N9. The second-order valence-electron chi connectivity index (χ2n) is 10.1. The highest BCUT2D eigenvalue weighted by molar-refractivity contribution is 5.87. The van der Waals surface area contributed by atoms with E-state index in [9.17, 15) is 5.26 Å². The van der Waals surface area contributed by atoms with Crippen molar-refractivity contribution >= 4 is 11.3 Å². The zero-order chi connectivity index (χ0) is 26.3. The maximum absolute atomic E-state index is 9.71. The zero-order valence-electron chi connectivity index (χ0n) is 21.4. The van der Waals surface area contributed by atoms with Gasteiger partial charge in [-0.25, -0.2) is 9.50 Å². The van der Waals surface area contributed by atoms with Gasteiger partial charge in [0.25, 0.3) is 0 Å². The molecule has 39 heavy (non-hydrogen) atoms. The monoisotopic (exact) mass is 511 g/mol. The lowest BCUT2D eigenvalue weighted by atomic mass is 9.87. The van der Waals surface area contributed by atoms with E-state index < -0.39 is 0 Å². The van der Waals surface area contributed by atoms with Gasteiger partial charge in [0.1, 0.15) is 11.9 Å². The van der Waals surface area contributed by atoms with Crippen molar-refractivity contribution in [3.05, 3.63) is 84.8 Å². The summed E-state index contributed by atoms with van der Waals surface area (Å²) < 4.78 is 3.55. The molecule has 8 rings (SSSR count). The first kappa shape index (κ1) is 23.2. The predicted molar refractivity (Wildman–Crippen MR) is 148 cm³/mol. The first-order valence-corrected chi connectivity index (χ1v) is 12.9. The molecular weight excluding hydrogens is 486 g/mol. The van der Waals surface area contributed by atoms with Crippen LogP contribution in [0.3, 0.4) is 0 Å². The van der Waals surface area contributed by atoms with Gasteiger partial charge in [0.2, 0.25) is 0 Å². The van der Waals surface area contributed by atoms with Gasteiger partial charge >= 0.3 is 0 Å². The predicted octanol–water partition coefficient (Wildman–Crippen LogP) is 3.38. The Kier molecular flexibility index (Phi) is 5.58. The van der Waals surface area contributed by atoms with Crippen LogP contribution in [0.2, 0.25) is 0 Å². The number of nitrogens with zero attached hydrogens (tertiary/aromatic N) is 9. The van der Waals surface area contributed by atoms with Crippen LogP contribution >= 0.6 is 0 Å². The van der Waals surface area contributed by atoms with Gasteiger partial charge in [0, 0.05) is 91.0 Å². The molecule has 2 bridgehead atoms. The molecule has 0 spiro atoms. The van der Waals surface area contributed by atoms with E-state index in [0.29, 0.717) is 17.6 Å². The molecule has 0 radical (unpaired) electrons. The van der Waals surface area contributed by atoms with Crippen LogP contribution in [0.15, 0.2) is 73.7 Å². The van der Waals surface area contributed by atoms with Crippen molar-refractivity contribution < 1.29 is 0 Å². The minimum atomic E-state index is 0.495. The van der Waals surface area contributed by atoms with Crippen LogP contribution in [0.5, 0.6) is 0 Å². The Hall–Kier alpha value is -4.99. The van der Waals surface area contributed by atoms with Gasteiger partial charge in [-0.15, -0.1) is 0 Å². The number of nitriles is 1. The van der Waals surface area contributed by atoms with Crippen LogP contribution in [-0.2, 0) is 7.05 Å². The van der Waals surface area contributed by atoms with E-state index in [0.717, 1.165) is 58.8 Å². The molecule has 3 saturated heterocycles. The van der Waals surface area contributed by atoms with Gasteiger partial charge in [-0.3, -0.25) is 14.6 Å². The third-order valence-corrected chi connectivity index (χ3v) is 7.65. The van der Waals surface area contributed by atoms with E-state index in [1.807, 2.05) is 44.0 Å². The summed E-state index contributed by atoms with van der Waals surface area (Å²) in [5.74, 6) is 7.51. The molecule has 3 fully saturated rings. The fraction of sp³-hybridized carbons (Fsp3) is 0.233. The number of anilines is 1. The molecule has 3 aliphatic heterocycles. The lowest BCUT2D eigenvalue weighted by molar-refractivity contribution is 0.0125. The number of piperazine rings is 1. The second-order valence-corrected chi connectivity index (χ2v) is 10.1. The number of rotatable bonds is 4.